The van der Waals surface area contributed by atoms with Gasteiger partial charge in [-0.1, -0.05) is 39.8 Å². The van der Waals surface area contributed by atoms with E-state index in [0.29, 0.717) is 5.92 Å². The van der Waals surface area contributed by atoms with Crippen molar-refractivity contribution in [1.29, 1.82) is 0 Å². The number of hydrogen-bond acceptors (Lipinski definition) is 2. The molecule has 0 bridgehead atoms. The van der Waals surface area contributed by atoms with Crippen molar-refractivity contribution in [3.05, 3.63) is 35.6 Å². The Morgan fingerprint density at radius 1 is 0.955 bits per heavy atom. The van der Waals surface area contributed by atoms with Gasteiger partial charge in [0.25, 0.3) is 5.91 Å². The molecule has 1 aromatic carbocycles. The highest BCUT2D eigenvalue weighted by molar-refractivity contribution is 5.97. The molecule has 22 heavy (non-hydrogen) atoms. The van der Waals surface area contributed by atoms with Gasteiger partial charge in [0.05, 0.1) is 5.56 Å². The maximum atomic E-state index is 13.6. The first-order valence-corrected chi connectivity index (χ1v) is 7.59. The number of rotatable bonds is 6. The second-order valence-electron chi connectivity index (χ2n) is 6.22. The van der Waals surface area contributed by atoms with Crippen LogP contribution >= 0.6 is 0 Å². The van der Waals surface area contributed by atoms with Crippen LogP contribution in [0.5, 0.6) is 0 Å². The molecule has 0 saturated heterocycles. The van der Waals surface area contributed by atoms with E-state index < -0.39 is 17.8 Å². The molecule has 1 rings (SSSR count). The quantitative estimate of drug-likeness (QED) is 0.849. The summed E-state index contributed by atoms with van der Waals surface area (Å²) in [4.78, 5) is 24.5. The third kappa shape index (κ3) is 4.83. The molecule has 122 valence electrons. The van der Waals surface area contributed by atoms with Gasteiger partial charge in [0.2, 0.25) is 5.91 Å². The predicted octanol–water partition coefficient (Wildman–Crippen LogP) is 2.74. The molecular formula is C17H25FN2O2. The number of nitrogens with one attached hydrogen (secondary N) is 2. The van der Waals surface area contributed by atoms with Crippen LogP contribution in [0.25, 0.3) is 0 Å². The van der Waals surface area contributed by atoms with Crippen molar-refractivity contribution >= 4 is 11.8 Å². The van der Waals surface area contributed by atoms with Crippen LogP contribution in [0, 0.1) is 17.7 Å². The average Bonchev–Trinajstić information content (AvgIpc) is 2.44. The van der Waals surface area contributed by atoms with E-state index in [4.69, 9.17) is 0 Å². The zero-order valence-electron chi connectivity index (χ0n) is 13.8. The summed E-state index contributed by atoms with van der Waals surface area (Å²) in [7, 11) is 0. The van der Waals surface area contributed by atoms with Gasteiger partial charge < -0.3 is 10.6 Å². The highest BCUT2D eigenvalue weighted by Gasteiger charge is 2.26. The Morgan fingerprint density at radius 3 is 2.05 bits per heavy atom. The lowest BCUT2D eigenvalue weighted by Gasteiger charge is -2.25. The Balaban J connectivity index is 2.82. The normalized spacial score (nSPS) is 13.8. The topological polar surface area (TPSA) is 58.2 Å². The van der Waals surface area contributed by atoms with Gasteiger partial charge in [-0.3, -0.25) is 9.59 Å². The maximum absolute atomic E-state index is 13.6. The molecule has 1 aromatic rings. The van der Waals surface area contributed by atoms with Crippen molar-refractivity contribution in [3.8, 4) is 0 Å². The largest absolute Gasteiger partial charge is 0.352 e. The smallest absolute Gasteiger partial charge is 0.254 e. The lowest BCUT2D eigenvalue weighted by molar-refractivity contribution is -0.124. The SMILES string of the molecule is CC(C)[C@@H](C)NC(=O)[C@H](NC(=O)c1ccccc1F)C(C)C. The molecule has 0 aliphatic heterocycles. The van der Waals surface area contributed by atoms with E-state index in [0.717, 1.165) is 0 Å². The van der Waals surface area contributed by atoms with E-state index in [1.165, 1.54) is 18.2 Å². The summed E-state index contributed by atoms with van der Waals surface area (Å²) in [6.45, 7) is 9.61. The van der Waals surface area contributed by atoms with Crippen molar-refractivity contribution in [2.24, 2.45) is 11.8 Å². The van der Waals surface area contributed by atoms with Crippen LogP contribution in [0.3, 0.4) is 0 Å². The molecule has 0 fully saturated rings. The van der Waals surface area contributed by atoms with E-state index in [9.17, 15) is 14.0 Å². The van der Waals surface area contributed by atoms with E-state index in [1.807, 2.05) is 34.6 Å². The Morgan fingerprint density at radius 2 is 1.55 bits per heavy atom. The minimum atomic E-state index is -0.701. The summed E-state index contributed by atoms with van der Waals surface area (Å²) in [5, 5.41) is 5.51. The van der Waals surface area contributed by atoms with Crippen LogP contribution in [0.1, 0.15) is 45.0 Å². The summed E-state index contributed by atoms with van der Waals surface area (Å²) in [6.07, 6.45) is 0. The minimum Gasteiger partial charge on any atom is -0.352 e. The average molecular weight is 308 g/mol. The molecule has 0 aromatic heterocycles. The molecule has 2 atom stereocenters. The fourth-order valence-corrected chi connectivity index (χ4v) is 1.88. The van der Waals surface area contributed by atoms with Gasteiger partial charge in [-0.25, -0.2) is 4.39 Å². The molecule has 0 saturated carbocycles. The van der Waals surface area contributed by atoms with Gasteiger partial charge in [0.15, 0.2) is 0 Å². The molecule has 0 aliphatic carbocycles. The number of benzene rings is 1. The second-order valence-corrected chi connectivity index (χ2v) is 6.22. The van der Waals surface area contributed by atoms with Crippen molar-refractivity contribution in [1.82, 2.24) is 10.6 Å². The molecule has 4 nitrogen and oxygen atoms in total. The van der Waals surface area contributed by atoms with Crippen LogP contribution in [-0.4, -0.2) is 23.9 Å². The number of halogens is 1. The molecule has 0 heterocycles. The van der Waals surface area contributed by atoms with Crippen LogP contribution in [0.15, 0.2) is 24.3 Å². The number of hydrogen-bond donors (Lipinski definition) is 2. The monoisotopic (exact) mass is 308 g/mol. The van der Waals surface area contributed by atoms with Gasteiger partial charge in [0.1, 0.15) is 11.9 Å². The van der Waals surface area contributed by atoms with Gasteiger partial charge in [-0.05, 0) is 30.9 Å². The van der Waals surface area contributed by atoms with Gasteiger partial charge in [-0.2, -0.15) is 0 Å². The molecule has 0 radical (unpaired) electrons. The van der Waals surface area contributed by atoms with Gasteiger partial charge >= 0.3 is 0 Å². The minimum absolute atomic E-state index is 0.000821. The van der Waals surface area contributed by atoms with Crippen molar-refractivity contribution in [2.45, 2.75) is 46.7 Å². The summed E-state index contributed by atoms with van der Waals surface area (Å²) < 4.78 is 13.6. The first-order chi connectivity index (χ1) is 10.2. The molecule has 0 spiro atoms. The lowest BCUT2D eigenvalue weighted by atomic mass is 10.0. The Kier molecular flexibility index (Phi) is 6.53. The zero-order chi connectivity index (χ0) is 16.9. The molecule has 0 unspecified atom stereocenters. The van der Waals surface area contributed by atoms with Crippen LogP contribution < -0.4 is 10.6 Å². The van der Waals surface area contributed by atoms with Crippen molar-refractivity contribution in [3.63, 3.8) is 0 Å². The molecule has 2 N–H and O–H groups in total. The summed E-state index contributed by atoms with van der Waals surface area (Å²) >= 11 is 0. The third-order valence-electron chi connectivity index (χ3n) is 3.72. The molecular weight excluding hydrogens is 283 g/mol. The first kappa shape index (κ1) is 18.1. The van der Waals surface area contributed by atoms with Crippen LogP contribution in [-0.2, 0) is 4.79 Å². The molecule has 5 heteroatoms. The van der Waals surface area contributed by atoms with Crippen molar-refractivity contribution in [2.75, 3.05) is 0 Å². The van der Waals surface area contributed by atoms with Crippen LogP contribution in [0.4, 0.5) is 4.39 Å². The van der Waals surface area contributed by atoms with E-state index in [1.54, 1.807) is 6.07 Å². The summed E-state index contributed by atoms with van der Waals surface area (Å²) in [6, 6.07) is 5.02. The van der Waals surface area contributed by atoms with E-state index >= 15 is 0 Å². The molecule has 0 aliphatic rings. The van der Waals surface area contributed by atoms with Gasteiger partial charge in [0, 0.05) is 6.04 Å². The fourth-order valence-electron chi connectivity index (χ4n) is 1.88. The predicted molar refractivity (Wildman–Crippen MR) is 84.9 cm³/mol. The summed E-state index contributed by atoms with van der Waals surface area (Å²) in [5.74, 6) is -1.24. The fraction of sp³-hybridized carbons (Fsp3) is 0.529. The Labute approximate surface area is 131 Å². The summed E-state index contributed by atoms with van der Waals surface area (Å²) in [5.41, 5.74) is -0.0575. The highest BCUT2D eigenvalue weighted by Crippen LogP contribution is 2.10. The zero-order valence-corrected chi connectivity index (χ0v) is 13.8. The number of carbonyl (C=O) groups is 2. The molecule has 2 amide bonds. The van der Waals surface area contributed by atoms with Gasteiger partial charge in [-0.15, -0.1) is 0 Å². The number of carbonyl (C=O) groups excluding carboxylic acids is 2. The van der Waals surface area contributed by atoms with E-state index in [2.05, 4.69) is 10.6 Å². The second kappa shape index (κ2) is 7.92. The standard InChI is InChI=1S/C17H25FN2O2/c1-10(2)12(5)19-17(22)15(11(3)4)20-16(21)13-8-6-7-9-14(13)18/h6-12,15H,1-5H3,(H,19,22)(H,20,21)/t12-,15-/m1/s1. The maximum Gasteiger partial charge on any atom is 0.254 e. The van der Waals surface area contributed by atoms with Crippen molar-refractivity contribution < 1.29 is 14.0 Å². The van der Waals surface area contributed by atoms with Crippen LogP contribution in [0.2, 0.25) is 0 Å². The lowest BCUT2D eigenvalue weighted by Crippen LogP contribution is -2.52. The third-order valence-corrected chi connectivity index (χ3v) is 3.72. The Bertz CT molecular complexity index is 529. The Hall–Kier alpha value is -1.91. The number of amides is 2. The van der Waals surface area contributed by atoms with E-state index in [-0.39, 0.29) is 23.4 Å². The highest BCUT2D eigenvalue weighted by atomic mass is 19.1. The first-order valence-electron chi connectivity index (χ1n) is 7.59.